The molecule has 7 heteroatoms. The van der Waals surface area contributed by atoms with Gasteiger partial charge in [-0.15, -0.1) is 11.6 Å². The smallest absolute Gasteiger partial charge is 0.433 e. The van der Waals surface area contributed by atoms with E-state index in [2.05, 4.69) is 10.3 Å². The van der Waals surface area contributed by atoms with Gasteiger partial charge in [0.05, 0.1) is 0 Å². The molecule has 0 amide bonds. The molecule has 0 aliphatic carbocycles. The zero-order valence-corrected chi connectivity index (χ0v) is 12.6. The normalized spacial score (nSPS) is 18.8. The molecule has 1 N–H and O–H groups in total. The molecule has 3 rings (SSSR count). The Balaban J connectivity index is 1.91. The first-order valence-electron chi connectivity index (χ1n) is 7.28. The minimum atomic E-state index is -4.56. The predicted molar refractivity (Wildman–Crippen MR) is 79.3 cm³/mol. The van der Waals surface area contributed by atoms with Crippen LogP contribution in [0.1, 0.15) is 30.7 Å². The molecule has 1 aromatic heterocycles. The second-order valence-corrected chi connectivity index (χ2v) is 5.95. The van der Waals surface area contributed by atoms with Gasteiger partial charge in [0, 0.05) is 23.7 Å². The number of aromatic nitrogens is 1. The molecule has 1 aliphatic heterocycles. The highest BCUT2D eigenvalue weighted by atomic mass is 35.5. The maximum absolute atomic E-state index is 12.8. The zero-order valence-electron chi connectivity index (χ0n) is 11.8. The number of oxazole rings is 1. The Bertz CT molecular complexity index is 669. The van der Waals surface area contributed by atoms with Crippen molar-refractivity contribution in [2.45, 2.75) is 31.9 Å². The molecule has 2 heterocycles. The Hall–Kier alpha value is -1.43. The van der Waals surface area contributed by atoms with Crippen molar-refractivity contribution >= 4 is 28.4 Å². The lowest BCUT2D eigenvalue weighted by molar-refractivity contribution is -0.156. The standard InChI is InChI=1S/C15H16ClF3N2O/c16-7-1-2-9-3-4-10-11(20-8-9)5-6-12-13(10)21-14(22-12)15(17,18)19/h5-6,9,20H,1-4,7-8H2. The fraction of sp³-hybridized carbons (Fsp3) is 0.533. The quantitative estimate of drug-likeness (QED) is 0.817. The first-order chi connectivity index (χ1) is 10.5. The second kappa shape index (κ2) is 5.99. The summed E-state index contributed by atoms with van der Waals surface area (Å²) in [5.41, 5.74) is 2.16. The fourth-order valence-electron chi connectivity index (χ4n) is 2.91. The number of hydrogen-bond acceptors (Lipinski definition) is 3. The molecule has 1 aliphatic rings. The van der Waals surface area contributed by atoms with Crippen molar-refractivity contribution < 1.29 is 17.6 Å². The molecule has 0 bridgehead atoms. The van der Waals surface area contributed by atoms with Crippen LogP contribution in [0.4, 0.5) is 18.9 Å². The number of halogens is 4. The highest BCUT2D eigenvalue weighted by Gasteiger charge is 2.38. The van der Waals surface area contributed by atoms with E-state index in [1.807, 2.05) is 0 Å². The molecule has 1 atom stereocenters. The number of anilines is 1. The average Bonchev–Trinajstić information content (AvgIpc) is 2.81. The van der Waals surface area contributed by atoms with Gasteiger partial charge >= 0.3 is 12.1 Å². The Morgan fingerprint density at radius 3 is 2.91 bits per heavy atom. The third-order valence-electron chi connectivity index (χ3n) is 4.04. The summed E-state index contributed by atoms with van der Waals surface area (Å²) in [6, 6.07) is 3.31. The van der Waals surface area contributed by atoms with Crippen molar-refractivity contribution in [1.29, 1.82) is 0 Å². The molecule has 22 heavy (non-hydrogen) atoms. The van der Waals surface area contributed by atoms with Crippen LogP contribution >= 0.6 is 11.6 Å². The molecule has 3 nitrogen and oxygen atoms in total. The molecule has 120 valence electrons. The summed E-state index contributed by atoms with van der Waals surface area (Å²) in [5, 5.41) is 3.32. The van der Waals surface area contributed by atoms with E-state index in [0.29, 0.717) is 23.7 Å². The molecule has 0 radical (unpaired) electrons. The van der Waals surface area contributed by atoms with E-state index in [9.17, 15) is 13.2 Å². The molecule has 2 aromatic rings. The van der Waals surface area contributed by atoms with Gasteiger partial charge in [0.15, 0.2) is 5.58 Å². The van der Waals surface area contributed by atoms with Crippen LogP contribution in [0.2, 0.25) is 0 Å². The number of aryl methyl sites for hydroxylation is 1. The van der Waals surface area contributed by atoms with Gasteiger partial charge in [-0.2, -0.15) is 13.2 Å². The Labute approximate surface area is 130 Å². The summed E-state index contributed by atoms with van der Waals surface area (Å²) < 4.78 is 43.1. The molecule has 0 spiro atoms. The minimum Gasteiger partial charge on any atom is -0.433 e. The van der Waals surface area contributed by atoms with E-state index in [1.165, 1.54) is 0 Å². The Morgan fingerprint density at radius 1 is 1.36 bits per heavy atom. The van der Waals surface area contributed by atoms with E-state index in [4.69, 9.17) is 16.0 Å². The summed E-state index contributed by atoms with van der Waals surface area (Å²) in [6.45, 7) is 0.805. The maximum atomic E-state index is 12.8. The largest absolute Gasteiger partial charge is 0.468 e. The number of fused-ring (bicyclic) bond motifs is 3. The van der Waals surface area contributed by atoms with Crippen LogP contribution in [-0.2, 0) is 12.6 Å². The third-order valence-corrected chi connectivity index (χ3v) is 4.31. The summed E-state index contributed by atoms with van der Waals surface area (Å²) in [7, 11) is 0. The van der Waals surface area contributed by atoms with Crippen LogP contribution in [0.5, 0.6) is 0 Å². The van der Waals surface area contributed by atoms with Crippen LogP contribution < -0.4 is 5.32 Å². The lowest BCUT2D eigenvalue weighted by Gasteiger charge is -2.13. The average molecular weight is 333 g/mol. The van der Waals surface area contributed by atoms with Crippen molar-refractivity contribution in [2.24, 2.45) is 5.92 Å². The van der Waals surface area contributed by atoms with Crippen molar-refractivity contribution in [1.82, 2.24) is 4.98 Å². The van der Waals surface area contributed by atoms with Crippen molar-refractivity contribution in [3.8, 4) is 0 Å². The number of benzene rings is 1. The molecule has 0 saturated carbocycles. The fourth-order valence-corrected chi connectivity index (χ4v) is 3.06. The van der Waals surface area contributed by atoms with Crippen molar-refractivity contribution in [3.05, 3.63) is 23.6 Å². The van der Waals surface area contributed by atoms with Gasteiger partial charge in [-0.1, -0.05) is 0 Å². The molecule has 1 aromatic carbocycles. The Morgan fingerprint density at radius 2 is 2.18 bits per heavy atom. The topological polar surface area (TPSA) is 38.1 Å². The van der Waals surface area contributed by atoms with E-state index in [0.717, 1.165) is 37.1 Å². The second-order valence-electron chi connectivity index (χ2n) is 5.57. The summed E-state index contributed by atoms with van der Waals surface area (Å²) in [6.07, 6.45) is -1.00. The summed E-state index contributed by atoms with van der Waals surface area (Å²) in [5.74, 6) is -0.0830. The van der Waals surface area contributed by atoms with E-state index in [1.54, 1.807) is 12.1 Å². The lowest BCUT2D eigenvalue weighted by atomic mass is 9.96. The molecule has 1 unspecified atom stereocenters. The predicted octanol–water partition coefficient (Wildman–Crippen LogP) is 4.84. The number of alkyl halides is 4. The monoisotopic (exact) mass is 332 g/mol. The van der Waals surface area contributed by atoms with Crippen LogP contribution in [0, 0.1) is 5.92 Å². The van der Waals surface area contributed by atoms with Crippen molar-refractivity contribution in [2.75, 3.05) is 17.7 Å². The third kappa shape index (κ3) is 3.02. The van der Waals surface area contributed by atoms with Crippen LogP contribution in [-0.4, -0.2) is 17.4 Å². The molecule has 0 fully saturated rings. The summed E-state index contributed by atoms with van der Waals surface area (Å²) in [4.78, 5) is 3.67. The van der Waals surface area contributed by atoms with Gasteiger partial charge in [-0.25, -0.2) is 4.98 Å². The Kier molecular flexibility index (Phi) is 4.21. The van der Waals surface area contributed by atoms with E-state index >= 15 is 0 Å². The van der Waals surface area contributed by atoms with E-state index < -0.39 is 12.1 Å². The molecule has 0 saturated heterocycles. The van der Waals surface area contributed by atoms with Crippen LogP contribution in [0.25, 0.3) is 11.1 Å². The van der Waals surface area contributed by atoms with Crippen LogP contribution in [0.15, 0.2) is 16.5 Å². The van der Waals surface area contributed by atoms with Gasteiger partial charge in [-0.3, -0.25) is 0 Å². The number of rotatable bonds is 3. The number of nitrogens with zero attached hydrogens (tertiary/aromatic N) is 1. The number of nitrogens with one attached hydrogen (secondary N) is 1. The SMILES string of the molecule is FC(F)(F)c1nc2c3c(ccc2o1)NCC(CCCCl)CC3. The highest BCUT2D eigenvalue weighted by Crippen LogP contribution is 2.36. The molecular formula is C15H16ClF3N2O. The van der Waals surface area contributed by atoms with E-state index in [-0.39, 0.29) is 5.58 Å². The zero-order chi connectivity index (χ0) is 15.7. The first kappa shape index (κ1) is 15.5. The van der Waals surface area contributed by atoms with Gasteiger partial charge < -0.3 is 9.73 Å². The van der Waals surface area contributed by atoms with Gasteiger partial charge in [0.25, 0.3) is 0 Å². The van der Waals surface area contributed by atoms with Crippen LogP contribution in [0.3, 0.4) is 0 Å². The number of hydrogen-bond donors (Lipinski definition) is 1. The maximum Gasteiger partial charge on any atom is 0.468 e. The first-order valence-corrected chi connectivity index (χ1v) is 7.82. The van der Waals surface area contributed by atoms with Gasteiger partial charge in [-0.05, 0) is 43.7 Å². The molecular weight excluding hydrogens is 317 g/mol. The van der Waals surface area contributed by atoms with Gasteiger partial charge in [0.1, 0.15) is 5.52 Å². The summed E-state index contributed by atoms with van der Waals surface area (Å²) >= 11 is 5.72. The highest BCUT2D eigenvalue weighted by molar-refractivity contribution is 6.17. The van der Waals surface area contributed by atoms with Crippen molar-refractivity contribution in [3.63, 3.8) is 0 Å². The van der Waals surface area contributed by atoms with Gasteiger partial charge in [0.2, 0.25) is 0 Å². The lowest BCUT2D eigenvalue weighted by Crippen LogP contribution is -2.12. The minimum absolute atomic E-state index is 0.187.